The first-order valence-electron chi connectivity index (χ1n) is 6.94. The van der Waals surface area contributed by atoms with E-state index in [2.05, 4.69) is 67.3 Å². The van der Waals surface area contributed by atoms with Gasteiger partial charge in [-0.3, -0.25) is 0 Å². The fourth-order valence-corrected chi connectivity index (χ4v) is 1.74. The molecule has 2 rings (SSSR count). The maximum Gasteiger partial charge on any atom is 0.0247 e. The Morgan fingerprint density at radius 2 is 1.63 bits per heavy atom. The number of hydrogen-bond acceptors (Lipinski definition) is 0. The number of aryl methyl sites for hydroxylation is 2. The first-order valence-corrected chi connectivity index (χ1v) is 6.94. The molecule has 0 saturated carbocycles. The van der Waals surface area contributed by atoms with E-state index in [9.17, 15) is 0 Å². The molecule has 0 fully saturated rings. The van der Waals surface area contributed by atoms with E-state index in [0.717, 1.165) is 18.4 Å². The van der Waals surface area contributed by atoms with Gasteiger partial charge in [-0.2, -0.15) is 0 Å². The molecule has 0 heterocycles. The highest BCUT2D eigenvalue weighted by molar-refractivity contribution is 5.36. The summed E-state index contributed by atoms with van der Waals surface area (Å²) in [6, 6.07) is 18.8. The Hall–Kier alpha value is -2.00. The smallest absolute Gasteiger partial charge is 0.0247 e. The van der Waals surface area contributed by atoms with E-state index in [0.29, 0.717) is 0 Å². The molecule has 98 valence electrons. The fraction of sp³-hybridized carbons (Fsp3) is 0.263. The van der Waals surface area contributed by atoms with Crippen molar-refractivity contribution < 1.29 is 0 Å². The zero-order valence-electron chi connectivity index (χ0n) is 12.1. The highest BCUT2D eigenvalue weighted by Gasteiger charge is 1.89. The zero-order valence-corrected chi connectivity index (χ0v) is 12.1. The summed E-state index contributed by atoms with van der Waals surface area (Å²) in [4.78, 5) is 0. The minimum absolute atomic E-state index is 0.915. The molecule has 0 bridgehead atoms. The largest absolute Gasteiger partial charge is 0.0975 e. The Balaban J connectivity index is 0.000000861. The third kappa shape index (κ3) is 5.93. The van der Waals surface area contributed by atoms with Gasteiger partial charge in [0.1, 0.15) is 0 Å². The third-order valence-corrected chi connectivity index (χ3v) is 2.63. The number of benzene rings is 2. The topological polar surface area (TPSA) is 0 Å². The minimum atomic E-state index is 0.915. The van der Waals surface area contributed by atoms with Gasteiger partial charge in [-0.25, -0.2) is 0 Å². The van der Waals surface area contributed by atoms with Gasteiger partial charge >= 0.3 is 0 Å². The molecule has 0 aliphatic carbocycles. The van der Waals surface area contributed by atoms with E-state index in [-0.39, 0.29) is 0 Å². The van der Waals surface area contributed by atoms with Gasteiger partial charge in [0.15, 0.2) is 0 Å². The molecule has 2 aromatic rings. The Labute approximate surface area is 117 Å². The summed E-state index contributed by atoms with van der Waals surface area (Å²) in [6.45, 7) is 6.09. The van der Waals surface area contributed by atoms with Crippen LogP contribution in [-0.4, -0.2) is 0 Å². The molecule has 0 radical (unpaired) electrons. The maximum atomic E-state index is 3.23. The summed E-state index contributed by atoms with van der Waals surface area (Å²) in [5.74, 6) is 6.43. The van der Waals surface area contributed by atoms with E-state index >= 15 is 0 Å². The normalized spacial score (nSPS) is 8.79. The first kappa shape index (κ1) is 15.1. The van der Waals surface area contributed by atoms with Crippen LogP contribution in [0.25, 0.3) is 0 Å². The van der Waals surface area contributed by atoms with Crippen LogP contribution in [0.3, 0.4) is 0 Å². The molecule has 0 N–H and O–H groups in total. The summed E-state index contributed by atoms with van der Waals surface area (Å²) in [5.41, 5.74) is 3.73. The Morgan fingerprint density at radius 1 is 0.895 bits per heavy atom. The maximum absolute atomic E-state index is 3.23. The van der Waals surface area contributed by atoms with Crippen LogP contribution in [0.15, 0.2) is 54.6 Å². The lowest BCUT2D eigenvalue weighted by molar-refractivity contribution is 1.03. The van der Waals surface area contributed by atoms with Gasteiger partial charge < -0.3 is 0 Å². The molecule has 0 aromatic heterocycles. The van der Waals surface area contributed by atoms with E-state index in [1.54, 1.807) is 0 Å². The quantitative estimate of drug-likeness (QED) is 0.658. The highest BCUT2D eigenvalue weighted by atomic mass is 13.9. The van der Waals surface area contributed by atoms with Gasteiger partial charge in [0, 0.05) is 12.0 Å². The standard InChI is InChI=1S/C17H16.C2H6/c1-15-8-7-13-17(14-15)12-6-5-11-16-9-3-2-4-10-16;1-2/h2-4,7-10,13-14H,5,11H2,1H3;1-2H3. The van der Waals surface area contributed by atoms with Gasteiger partial charge in [0.05, 0.1) is 0 Å². The second kappa shape index (κ2) is 9.00. The van der Waals surface area contributed by atoms with Gasteiger partial charge in [-0.05, 0) is 36.6 Å². The minimum Gasteiger partial charge on any atom is -0.0975 e. The van der Waals surface area contributed by atoms with Crippen molar-refractivity contribution in [2.75, 3.05) is 0 Å². The van der Waals surface area contributed by atoms with E-state index in [4.69, 9.17) is 0 Å². The monoisotopic (exact) mass is 250 g/mol. The molecule has 0 atom stereocenters. The lowest BCUT2D eigenvalue weighted by atomic mass is 10.1. The number of rotatable bonds is 2. The van der Waals surface area contributed by atoms with Crippen LogP contribution in [0.5, 0.6) is 0 Å². The van der Waals surface area contributed by atoms with Crippen molar-refractivity contribution in [2.45, 2.75) is 33.6 Å². The van der Waals surface area contributed by atoms with Gasteiger partial charge in [-0.1, -0.05) is 68.2 Å². The van der Waals surface area contributed by atoms with Crippen molar-refractivity contribution in [3.05, 3.63) is 71.3 Å². The molecule has 19 heavy (non-hydrogen) atoms. The van der Waals surface area contributed by atoms with Crippen LogP contribution in [-0.2, 0) is 6.42 Å². The average Bonchev–Trinajstić information content (AvgIpc) is 2.47. The molecule has 0 aliphatic rings. The molecule has 0 saturated heterocycles. The summed E-state index contributed by atoms with van der Waals surface area (Å²) in [7, 11) is 0. The van der Waals surface area contributed by atoms with Crippen molar-refractivity contribution in [2.24, 2.45) is 0 Å². The van der Waals surface area contributed by atoms with Gasteiger partial charge in [-0.15, -0.1) is 0 Å². The van der Waals surface area contributed by atoms with Crippen molar-refractivity contribution in [1.82, 2.24) is 0 Å². The van der Waals surface area contributed by atoms with Crippen molar-refractivity contribution in [1.29, 1.82) is 0 Å². The third-order valence-electron chi connectivity index (χ3n) is 2.63. The van der Waals surface area contributed by atoms with E-state index in [1.165, 1.54) is 11.1 Å². The summed E-state index contributed by atoms with van der Waals surface area (Å²) in [6.07, 6.45) is 1.94. The van der Waals surface area contributed by atoms with Crippen molar-refractivity contribution in [3.63, 3.8) is 0 Å². The molecule has 0 heteroatoms. The lowest BCUT2D eigenvalue weighted by Crippen LogP contribution is -1.82. The molecule has 0 unspecified atom stereocenters. The molecular weight excluding hydrogens is 228 g/mol. The molecular formula is C19H22. The SMILES string of the molecule is CC.Cc1cccc(C#CCCc2ccccc2)c1. The van der Waals surface area contributed by atoms with E-state index in [1.807, 2.05) is 19.9 Å². The second-order valence-corrected chi connectivity index (χ2v) is 4.16. The molecule has 2 aromatic carbocycles. The summed E-state index contributed by atoms with van der Waals surface area (Å²) in [5, 5.41) is 0. The molecule has 0 amide bonds. The average molecular weight is 250 g/mol. The predicted octanol–water partition coefficient (Wildman–Crippen LogP) is 5.01. The van der Waals surface area contributed by atoms with E-state index < -0.39 is 0 Å². The first-order chi connectivity index (χ1) is 9.34. The molecule has 0 nitrogen and oxygen atoms in total. The summed E-state index contributed by atoms with van der Waals surface area (Å²) >= 11 is 0. The Kier molecular flexibility index (Phi) is 7.13. The Bertz CT molecular complexity index is 527. The summed E-state index contributed by atoms with van der Waals surface area (Å²) < 4.78 is 0. The molecule has 0 spiro atoms. The molecule has 0 aliphatic heterocycles. The van der Waals surface area contributed by atoms with Crippen LogP contribution >= 0.6 is 0 Å². The second-order valence-electron chi connectivity index (χ2n) is 4.16. The number of hydrogen-bond donors (Lipinski definition) is 0. The zero-order chi connectivity index (χ0) is 13.9. The van der Waals surface area contributed by atoms with Crippen LogP contribution in [0.1, 0.15) is 37.0 Å². The van der Waals surface area contributed by atoms with Crippen LogP contribution < -0.4 is 0 Å². The van der Waals surface area contributed by atoms with Crippen molar-refractivity contribution in [3.8, 4) is 11.8 Å². The van der Waals surface area contributed by atoms with Crippen LogP contribution in [0.4, 0.5) is 0 Å². The van der Waals surface area contributed by atoms with Crippen LogP contribution in [0, 0.1) is 18.8 Å². The Morgan fingerprint density at radius 3 is 2.32 bits per heavy atom. The fourth-order valence-electron chi connectivity index (χ4n) is 1.74. The lowest BCUT2D eigenvalue weighted by Gasteiger charge is -1.95. The van der Waals surface area contributed by atoms with Crippen LogP contribution in [0.2, 0.25) is 0 Å². The predicted molar refractivity (Wildman–Crippen MR) is 84.2 cm³/mol. The highest BCUT2D eigenvalue weighted by Crippen LogP contribution is 2.03. The van der Waals surface area contributed by atoms with Crippen molar-refractivity contribution >= 4 is 0 Å². The van der Waals surface area contributed by atoms with Gasteiger partial charge in [0.2, 0.25) is 0 Å². The van der Waals surface area contributed by atoms with Gasteiger partial charge in [0.25, 0.3) is 0 Å².